The fourth-order valence-corrected chi connectivity index (χ4v) is 2.33. The Morgan fingerprint density at radius 1 is 1.19 bits per heavy atom. The van der Waals surface area contributed by atoms with Crippen LogP contribution in [0.1, 0.15) is 11.1 Å². The van der Waals surface area contributed by atoms with Crippen molar-refractivity contribution < 1.29 is 14.2 Å². The maximum Gasteiger partial charge on any atom is 0.193 e. The van der Waals surface area contributed by atoms with E-state index in [2.05, 4.69) is 16.2 Å². The van der Waals surface area contributed by atoms with E-state index in [9.17, 15) is 0 Å². The first-order chi connectivity index (χ1) is 12.7. The maximum absolute atomic E-state index is 6.01. The van der Waals surface area contributed by atoms with Gasteiger partial charge < -0.3 is 25.3 Å². The van der Waals surface area contributed by atoms with Crippen molar-refractivity contribution in [2.45, 2.75) is 13.2 Å². The number of hydrogen-bond acceptors (Lipinski definition) is 4. The normalized spacial score (nSPS) is 10.9. The summed E-state index contributed by atoms with van der Waals surface area (Å²) < 4.78 is 15.9. The van der Waals surface area contributed by atoms with Crippen molar-refractivity contribution in [1.29, 1.82) is 0 Å². The number of methoxy groups -OCH3 is 2. The molecule has 0 saturated heterocycles. The molecule has 136 valence electrons. The largest absolute Gasteiger partial charge is 0.493 e. The molecule has 26 heavy (non-hydrogen) atoms. The van der Waals surface area contributed by atoms with E-state index in [0.29, 0.717) is 30.6 Å². The number of hydrogen-bond donors (Lipinski definition) is 2. The van der Waals surface area contributed by atoms with Crippen LogP contribution >= 0.6 is 0 Å². The van der Waals surface area contributed by atoms with Gasteiger partial charge in [-0.3, -0.25) is 0 Å². The van der Waals surface area contributed by atoms with Gasteiger partial charge in [-0.25, -0.2) is 4.99 Å². The molecule has 0 aliphatic heterocycles. The van der Waals surface area contributed by atoms with Crippen molar-refractivity contribution in [2.75, 3.05) is 26.1 Å². The number of para-hydroxylation sites is 1. The van der Waals surface area contributed by atoms with Crippen LogP contribution in [-0.2, 0) is 17.9 Å². The number of anilines is 1. The lowest BCUT2D eigenvalue weighted by molar-refractivity contribution is 0.185. The van der Waals surface area contributed by atoms with E-state index in [0.717, 1.165) is 16.8 Å². The molecule has 0 amide bonds. The van der Waals surface area contributed by atoms with E-state index in [4.69, 9.17) is 26.4 Å². The van der Waals surface area contributed by atoms with E-state index in [-0.39, 0.29) is 6.61 Å². The number of terminal acetylenes is 1. The fourth-order valence-electron chi connectivity index (χ4n) is 2.33. The van der Waals surface area contributed by atoms with Crippen LogP contribution in [0.5, 0.6) is 11.5 Å². The molecule has 3 N–H and O–H groups in total. The Balaban J connectivity index is 2.08. The quantitative estimate of drug-likeness (QED) is 0.433. The molecule has 0 unspecified atom stereocenters. The molecular formula is C20H23N3O3. The first-order valence-corrected chi connectivity index (χ1v) is 8.05. The molecule has 0 atom stereocenters. The maximum atomic E-state index is 6.01. The smallest absolute Gasteiger partial charge is 0.193 e. The SMILES string of the molecule is C#CCOc1cc(CN=C(N)Nc2ccccc2COC)ccc1OC. The zero-order valence-corrected chi connectivity index (χ0v) is 15.0. The van der Waals surface area contributed by atoms with Gasteiger partial charge in [-0.05, 0) is 23.8 Å². The molecule has 0 aromatic heterocycles. The van der Waals surface area contributed by atoms with Crippen molar-refractivity contribution >= 4 is 11.6 Å². The van der Waals surface area contributed by atoms with Crippen molar-refractivity contribution in [3.05, 3.63) is 53.6 Å². The number of aliphatic imine (C=N–C) groups is 1. The molecule has 0 fully saturated rings. The number of benzene rings is 2. The molecule has 0 heterocycles. The van der Waals surface area contributed by atoms with Crippen molar-refractivity contribution in [2.24, 2.45) is 10.7 Å². The summed E-state index contributed by atoms with van der Waals surface area (Å²) in [5.74, 6) is 3.95. The Hall–Kier alpha value is -3.17. The summed E-state index contributed by atoms with van der Waals surface area (Å²) in [6, 6.07) is 13.3. The average Bonchev–Trinajstić information content (AvgIpc) is 2.66. The minimum absolute atomic E-state index is 0.170. The number of nitrogens with one attached hydrogen (secondary N) is 1. The monoisotopic (exact) mass is 353 g/mol. The van der Waals surface area contributed by atoms with Gasteiger partial charge in [0.1, 0.15) is 6.61 Å². The van der Waals surface area contributed by atoms with Crippen LogP contribution in [0, 0.1) is 12.3 Å². The fraction of sp³-hybridized carbons (Fsp3) is 0.250. The standard InChI is InChI=1S/C20H23N3O3/c1-4-11-26-19-12-15(9-10-18(19)25-3)13-22-20(21)23-17-8-6-5-7-16(17)14-24-2/h1,5-10,12H,11,13-14H2,2-3H3,(H3,21,22,23). The molecule has 2 aromatic carbocycles. The lowest BCUT2D eigenvalue weighted by Crippen LogP contribution is -2.23. The Labute approximate surface area is 154 Å². The van der Waals surface area contributed by atoms with Crippen LogP contribution in [0.25, 0.3) is 0 Å². The number of rotatable bonds is 8. The van der Waals surface area contributed by atoms with Crippen LogP contribution < -0.4 is 20.5 Å². The van der Waals surface area contributed by atoms with E-state index in [1.54, 1.807) is 14.2 Å². The van der Waals surface area contributed by atoms with E-state index in [1.165, 1.54) is 0 Å². The van der Waals surface area contributed by atoms with Gasteiger partial charge in [0, 0.05) is 18.4 Å². The second-order valence-electron chi connectivity index (χ2n) is 5.39. The van der Waals surface area contributed by atoms with Crippen molar-refractivity contribution in [3.63, 3.8) is 0 Å². The van der Waals surface area contributed by atoms with Crippen LogP contribution in [-0.4, -0.2) is 26.8 Å². The number of nitrogens with two attached hydrogens (primary N) is 1. The minimum atomic E-state index is 0.170. The van der Waals surface area contributed by atoms with Crippen molar-refractivity contribution in [1.82, 2.24) is 0 Å². The summed E-state index contributed by atoms with van der Waals surface area (Å²) in [5, 5.41) is 3.10. The zero-order valence-electron chi connectivity index (χ0n) is 15.0. The van der Waals surface area contributed by atoms with Gasteiger partial charge in [-0.2, -0.15) is 0 Å². The Bertz CT molecular complexity index is 797. The van der Waals surface area contributed by atoms with Crippen LogP contribution in [0.15, 0.2) is 47.5 Å². The molecule has 6 nitrogen and oxygen atoms in total. The lowest BCUT2D eigenvalue weighted by Gasteiger charge is -2.12. The predicted octanol–water partition coefficient (Wildman–Crippen LogP) is 2.78. The number of guanidine groups is 1. The number of nitrogens with zero attached hydrogens (tertiary/aromatic N) is 1. The molecular weight excluding hydrogens is 330 g/mol. The Kier molecular flexibility index (Phi) is 7.34. The highest BCUT2D eigenvalue weighted by Gasteiger charge is 2.06. The molecule has 0 bridgehead atoms. The first kappa shape index (κ1) is 19.2. The topological polar surface area (TPSA) is 78.1 Å². The third-order valence-electron chi connectivity index (χ3n) is 3.55. The second kappa shape index (κ2) is 9.97. The summed E-state index contributed by atoms with van der Waals surface area (Å²) in [7, 11) is 3.23. The van der Waals surface area contributed by atoms with E-state index in [1.807, 2.05) is 42.5 Å². The summed E-state index contributed by atoms with van der Waals surface area (Å²) >= 11 is 0. The molecule has 0 spiro atoms. The summed E-state index contributed by atoms with van der Waals surface area (Å²) in [5.41, 5.74) is 8.80. The van der Waals surface area contributed by atoms with Crippen LogP contribution in [0.4, 0.5) is 5.69 Å². The van der Waals surface area contributed by atoms with Gasteiger partial charge in [-0.1, -0.05) is 30.2 Å². The van der Waals surface area contributed by atoms with Gasteiger partial charge in [-0.15, -0.1) is 6.42 Å². The van der Waals surface area contributed by atoms with Crippen LogP contribution in [0.3, 0.4) is 0 Å². The molecule has 0 aliphatic rings. The van der Waals surface area contributed by atoms with Gasteiger partial charge in [0.15, 0.2) is 17.5 Å². The minimum Gasteiger partial charge on any atom is -0.493 e. The summed E-state index contributed by atoms with van der Waals surface area (Å²) in [4.78, 5) is 4.37. The molecule has 2 rings (SSSR count). The lowest BCUT2D eigenvalue weighted by atomic mass is 10.2. The third-order valence-corrected chi connectivity index (χ3v) is 3.55. The highest BCUT2D eigenvalue weighted by molar-refractivity contribution is 5.92. The first-order valence-electron chi connectivity index (χ1n) is 8.05. The van der Waals surface area contributed by atoms with Crippen molar-refractivity contribution in [3.8, 4) is 23.8 Å². The van der Waals surface area contributed by atoms with E-state index >= 15 is 0 Å². The highest BCUT2D eigenvalue weighted by Crippen LogP contribution is 2.28. The zero-order chi connectivity index (χ0) is 18.8. The van der Waals surface area contributed by atoms with Gasteiger partial charge >= 0.3 is 0 Å². The molecule has 6 heteroatoms. The van der Waals surface area contributed by atoms with Gasteiger partial charge in [0.2, 0.25) is 0 Å². The predicted molar refractivity (Wildman–Crippen MR) is 103 cm³/mol. The molecule has 2 aromatic rings. The average molecular weight is 353 g/mol. The summed E-state index contributed by atoms with van der Waals surface area (Å²) in [6.45, 7) is 1.05. The second-order valence-corrected chi connectivity index (χ2v) is 5.39. The highest BCUT2D eigenvalue weighted by atomic mass is 16.5. The molecule has 0 saturated carbocycles. The van der Waals surface area contributed by atoms with Gasteiger partial charge in [0.05, 0.1) is 20.3 Å². The van der Waals surface area contributed by atoms with Crippen LogP contribution in [0.2, 0.25) is 0 Å². The molecule has 0 aliphatic carbocycles. The summed E-state index contributed by atoms with van der Waals surface area (Å²) in [6.07, 6.45) is 5.24. The Morgan fingerprint density at radius 2 is 2.00 bits per heavy atom. The number of ether oxygens (including phenoxy) is 3. The van der Waals surface area contributed by atoms with Gasteiger partial charge in [0.25, 0.3) is 0 Å². The Morgan fingerprint density at radius 3 is 2.73 bits per heavy atom. The molecule has 0 radical (unpaired) electrons. The third kappa shape index (κ3) is 5.43. The van der Waals surface area contributed by atoms with E-state index < -0.39 is 0 Å².